The standard InChI is InChI=1S/C12H11N5OS/c1-14-11(18)9-4-5-17(16-9)12-15-8-3-2-7(13)6-10(8)19-12/h2-6H,13H2,1H3,(H,14,18). The topological polar surface area (TPSA) is 85.8 Å². The SMILES string of the molecule is CNC(=O)c1ccn(-c2nc3ccc(N)cc3s2)n1. The van der Waals surface area contributed by atoms with Crippen LogP contribution >= 0.6 is 11.3 Å². The van der Waals surface area contributed by atoms with Gasteiger partial charge in [0.2, 0.25) is 5.13 Å². The summed E-state index contributed by atoms with van der Waals surface area (Å²) in [5.41, 5.74) is 7.67. The molecule has 19 heavy (non-hydrogen) atoms. The molecule has 0 aliphatic heterocycles. The molecule has 3 aromatic rings. The van der Waals surface area contributed by atoms with E-state index in [-0.39, 0.29) is 5.91 Å². The molecule has 2 heterocycles. The van der Waals surface area contributed by atoms with Crippen LogP contribution in [0.1, 0.15) is 10.5 Å². The third kappa shape index (κ3) is 2.04. The molecule has 0 atom stereocenters. The number of nitrogen functional groups attached to an aromatic ring is 1. The minimum absolute atomic E-state index is 0.218. The minimum Gasteiger partial charge on any atom is -0.399 e. The summed E-state index contributed by atoms with van der Waals surface area (Å²) in [6.45, 7) is 0. The number of rotatable bonds is 2. The van der Waals surface area contributed by atoms with Crippen molar-refractivity contribution in [2.75, 3.05) is 12.8 Å². The van der Waals surface area contributed by atoms with Gasteiger partial charge in [-0.25, -0.2) is 9.67 Å². The van der Waals surface area contributed by atoms with E-state index in [4.69, 9.17) is 5.73 Å². The Balaban J connectivity index is 2.04. The molecular weight excluding hydrogens is 262 g/mol. The summed E-state index contributed by atoms with van der Waals surface area (Å²) in [6.07, 6.45) is 1.71. The monoisotopic (exact) mass is 273 g/mol. The minimum atomic E-state index is -0.218. The molecule has 0 unspecified atom stereocenters. The summed E-state index contributed by atoms with van der Waals surface area (Å²) in [5, 5.41) is 7.43. The first-order valence-electron chi connectivity index (χ1n) is 5.61. The lowest BCUT2D eigenvalue weighted by Gasteiger charge is -1.94. The maximum atomic E-state index is 11.5. The first kappa shape index (κ1) is 11.7. The highest BCUT2D eigenvalue weighted by atomic mass is 32.1. The number of fused-ring (bicyclic) bond motifs is 1. The van der Waals surface area contributed by atoms with Crippen molar-refractivity contribution in [2.45, 2.75) is 0 Å². The number of thiazole rings is 1. The number of hydrogen-bond donors (Lipinski definition) is 2. The van der Waals surface area contributed by atoms with Crippen molar-refractivity contribution in [3.63, 3.8) is 0 Å². The Bertz CT molecular complexity index is 760. The van der Waals surface area contributed by atoms with Crippen molar-refractivity contribution < 1.29 is 4.79 Å². The zero-order chi connectivity index (χ0) is 13.4. The van der Waals surface area contributed by atoms with Crippen molar-refractivity contribution in [3.8, 4) is 5.13 Å². The first-order valence-corrected chi connectivity index (χ1v) is 6.43. The molecule has 3 N–H and O–H groups in total. The van der Waals surface area contributed by atoms with Gasteiger partial charge in [-0.3, -0.25) is 4.79 Å². The second kappa shape index (κ2) is 4.36. The number of aromatic nitrogens is 3. The van der Waals surface area contributed by atoms with Crippen LogP contribution < -0.4 is 11.1 Å². The molecular formula is C12H11N5OS. The summed E-state index contributed by atoms with van der Waals surface area (Å²) in [4.78, 5) is 15.9. The molecule has 96 valence electrons. The van der Waals surface area contributed by atoms with E-state index in [0.29, 0.717) is 16.5 Å². The lowest BCUT2D eigenvalue weighted by Crippen LogP contribution is -2.18. The van der Waals surface area contributed by atoms with E-state index in [0.717, 1.165) is 10.2 Å². The van der Waals surface area contributed by atoms with Crippen LogP contribution in [-0.4, -0.2) is 27.7 Å². The second-order valence-electron chi connectivity index (χ2n) is 3.95. The van der Waals surface area contributed by atoms with Crippen molar-refractivity contribution in [1.82, 2.24) is 20.1 Å². The largest absolute Gasteiger partial charge is 0.399 e. The molecule has 1 amide bonds. The van der Waals surface area contributed by atoms with E-state index in [2.05, 4.69) is 15.4 Å². The van der Waals surface area contributed by atoms with Crippen LogP contribution in [0.15, 0.2) is 30.5 Å². The van der Waals surface area contributed by atoms with Gasteiger partial charge in [0.1, 0.15) is 0 Å². The lowest BCUT2D eigenvalue weighted by atomic mass is 10.3. The van der Waals surface area contributed by atoms with Crippen LogP contribution in [0.2, 0.25) is 0 Å². The van der Waals surface area contributed by atoms with E-state index in [1.165, 1.54) is 11.3 Å². The van der Waals surface area contributed by atoms with Gasteiger partial charge < -0.3 is 11.1 Å². The highest BCUT2D eigenvalue weighted by molar-refractivity contribution is 7.20. The number of benzene rings is 1. The maximum Gasteiger partial charge on any atom is 0.271 e. The van der Waals surface area contributed by atoms with Crippen LogP contribution in [0.5, 0.6) is 0 Å². The molecule has 6 nitrogen and oxygen atoms in total. The normalized spacial score (nSPS) is 10.8. The van der Waals surface area contributed by atoms with Gasteiger partial charge in [0.15, 0.2) is 5.69 Å². The molecule has 7 heteroatoms. The number of carbonyl (C=O) groups excluding carboxylic acids is 1. The van der Waals surface area contributed by atoms with Crippen LogP contribution in [-0.2, 0) is 0 Å². The van der Waals surface area contributed by atoms with E-state index < -0.39 is 0 Å². The third-order valence-electron chi connectivity index (χ3n) is 2.65. The summed E-state index contributed by atoms with van der Waals surface area (Å²) >= 11 is 1.47. The molecule has 0 aliphatic carbocycles. The maximum absolute atomic E-state index is 11.5. The Labute approximate surface area is 112 Å². The molecule has 3 rings (SSSR count). The van der Waals surface area contributed by atoms with E-state index in [9.17, 15) is 4.79 Å². The zero-order valence-corrected chi connectivity index (χ0v) is 10.9. The average molecular weight is 273 g/mol. The summed E-state index contributed by atoms with van der Waals surface area (Å²) in [7, 11) is 1.57. The highest BCUT2D eigenvalue weighted by Crippen LogP contribution is 2.26. The first-order chi connectivity index (χ1) is 9.17. The number of nitrogens with zero attached hydrogens (tertiary/aromatic N) is 3. The predicted octanol–water partition coefficient (Wildman–Crippen LogP) is 1.42. The van der Waals surface area contributed by atoms with E-state index in [1.54, 1.807) is 24.0 Å². The van der Waals surface area contributed by atoms with Crippen LogP contribution in [0.25, 0.3) is 15.3 Å². The number of anilines is 1. The molecule has 0 bridgehead atoms. The van der Waals surface area contributed by atoms with Crippen molar-refractivity contribution >= 4 is 33.1 Å². The molecule has 0 spiro atoms. The molecule has 0 saturated heterocycles. The van der Waals surface area contributed by atoms with Gasteiger partial charge in [0.25, 0.3) is 5.91 Å². The highest BCUT2D eigenvalue weighted by Gasteiger charge is 2.11. The summed E-state index contributed by atoms with van der Waals surface area (Å²) in [5.74, 6) is -0.218. The fourth-order valence-electron chi connectivity index (χ4n) is 1.71. The third-order valence-corrected chi connectivity index (χ3v) is 3.65. The smallest absolute Gasteiger partial charge is 0.271 e. The van der Waals surface area contributed by atoms with Crippen molar-refractivity contribution in [3.05, 3.63) is 36.2 Å². The van der Waals surface area contributed by atoms with Crippen LogP contribution in [0, 0.1) is 0 Å². The Morgan fingerprint density at radius 2 is 2.26 bits per heavy atom. The van der Waals surface area contributed by atoms with E-state index >= 15 is 0 Å². The number of amides is 1. The quantitative estimate of drug-likeness (QED) is 0.691. The second-order valence-corrected chi connectivity index (χ2v) is 4.96. The Morgan fingerprint density at radius 1 is 1.42 bits per heavy atom. The summed E-state index contributed by atoms with van der Waals surface area (Å²) < 4.78 is 2.58. The lowest BCUT2D eigenvalue weighted by molar-refractivity contribution is 0.0958. The molecule has 1 aromatic carbocycles. The van der Waals surface area contributed by atoms with Gasteiger partial charge >= 0.3 is 0 Å². The molecule has 0 fully saturated rings. The average Bonchev–Trinajstić information content (AvgIpc) is 3.03. The Hall–Kier alpha value is -2.41. The van der Waals surface area contributed by atoms with Crippen LogP contribution in [0.4, 0.5) is 5.69 Å². The van der Waals surface area contributed by atoms with Crippen LogP contribution in [0.3, 0.4) is 0 Å². The van der Waals surface area contributed by atoms with Gasteiger partial charge in [-0.1, -0.05) is 11.3 Å². The van der Waals surface area contributed by atoms with Gasteiger partial charge in [0.05, 0.1) is 10.2 Å². The Kier molecular flexibility index (Phi) is 2.68. The fourth-order valence-corrected chi connectivity index (χ4v) is 2.66. The van der Waals surface area contributed by atoms with Gasteiger partial charge in [-0.05, 0) is 24.3 Å². The van der Waals surface area contributed by atoms with Gasteiger partial charge in [0, 0.05) is 18.9 Å². The number of carbonyl (C=O) groups is 1. The van der Waals surface area contributed by atoms with Gasteiger partial charge in [-0.2, -0.15) is 5.10 Å². The van der Waals surface area contributed by atoms with Gasteiger partial charge in [-0.15, -0.1) is 0 Å². The molecule has 0 radical (unpaired) electrons. The molecule has 0 saturated carbocycles. The number of nitrogens with one attached hydrogen (secondary N) is 1. The fraction of sp³-hybridized carbons (Fsp3) is 0.0833. The zero-order valence-electron chi connectivity index (χ0n) is 10.1. The Morgan fingerprint density at radius 3 is 3.05 bits per heavy atom. The summed E-state index contributed by atoms with van der Waals surface area (Å²) in [6, 6.07) is 7.21. The predicted molar refractivity (Wildman–Crippen MR) is 74.5 cm³/mol. The van der Waals surface area contributed by atoms with E-state index in [1.807, 2.05) is 18.2 Å². The number of hydrogen-bond acceptors (Lipinski definition) is 5. The van der Waals surface area contributed by atoms with Crippen molar-refractivity contribution in [2.24, 2.45) is 0 Å². The van der Waals surface area contributed by atoms with Crippen molar-refractivity contribution in [1.29, 1.82) is 0 Å². The number of nitrogens with two attached hydrogens (primary N) is 1. The molecule has 0 aliphatic rings. The molecule has 2 aromatic heterocycles.